The van der Waals surface area contributed by atoms with Gasteiger partial charge in [-0.25, -0.2) is 9.97 Å². The Morgan fingerprint density at radius 1 is 0.413 bits per heavy atom. The first-order chi connectivity index (χ1) is 22.8. The van der Waals surface area contributed by atoms with E-state index in [2.05, 4.69) is 120 Å². The lowest BCUT2D eigenvalue weighted by atomic mass is 9.98. The molecule has 0 aliphatic heterocycles. The van der Waals surface area contributed by atoms with E-state index in [0.29, 0.717) is 5.82 Å². The molecule has 0 unspecified atom stereocenters. The molecule has 216 valence electrons. The Balaban J connectivity index is 1.22. The van der Waals surface area contributed by atoms with E-state index in [1.807, 2.05) is 48.5 Å². The van der Waals surface area contributed by atoms with E-state index in [0.717, 1.165) is 66.9 Å². The van der Waals surface area contributed by atoms with Gasteiger partial charge >= 0.3 is 0 Å². The number of oxazole rings is 1. The summed E-state index contributed by atoms with van der Waals surface area (Å²) < 4.78 is 8.80. The summed E-state index contributed by atoms with van der Waals surface area (Å²) in [4.78, 5) is 9.99. The van der Waals surface area contributed by atoms with Crippen LogP contribution in [0.25, 0.3) is 83.9 Å². The van der Waals surface area contributed by atoms with E-state index >= 15 is 0 Å². The monoisotopic (exact) mass is 589 g/mol. The number of fused-ring (bicyclic) bond motifs is 5. The molecular weight excluding hydrogens is 562 g/mol. The minimum Gasteiger partial charge on any atom is -0.438 e. The van der Waals surface area contributed by atoms with Gasteiger partial charge in [0, 0.05) is 22.1 Å². The Kier molecular flexibility index (Phi) is 6.10. The summed E-state index contributed by atoms with van der Waals surface area (Å²) in [5, 5.41) is 1.15. The molecule has 3 heterocycles. The molecule has 0 aliphatic rings. The van der Waals surface area contributed by atoms with Crippen LogP contribution in [0.3, 0.4) is 0 Å². The van der Waals surface area contributed by atoms with Crippen LogP contribution >= 0.6 is 0 Å². The molecule has 4 nitrogen and oxygen atoms in total. The van der Waals surface area contributed by atoms with Crippen LogP contribution in [0.4, 0.5) is 0 Å². The van der Waals surface area contributed by atoms with Gasteiger partial charge < -0.3 is 4.42 Å². The third kappa shape index (κ3) is 4.39. The zero-order valence-electron chi connectivity index (χ0n) is 24.8. The van der Waals surface area contributed by atoms with E-state index in [1.165, 1.54) is 11.1 Å². The topological polar surface area (TPSA) is 43.3 Å². The fourth-order valence-corrected chi connectivity index (χ4v) is 6.40. The first kappa shape index (κ1) is 26.2. The maximum Gasteiger partial charge on any atom is 0.213 e. The van der Waals surface area contributed by atoms with Gasteiger partial charge in [0.25, 0.3) is 0 Å². The summed E-state index contributed by atoms with van der Waals surface area (Å²) in [6.45, 7) is 0. The average Bonchev–Trinajstić information content (AvgIpc) is 3.67. The first-order valence-corrected chi connectivity index (χ1v) is 15.4. The normalized spacial score (nSPS) is 11.5. The zero-order valence-corrected chi connectivity index (χ0v) is 24.8. The number of rotatable bonds is 5. The maximum atomic E-state index is 6.56. The summed E-state index contributed by atoms with van der Waals surface area (Å²) in [5.74, 6) is 0.705. The van der Waals surface area contributed by atoms with Gasteiger partial charge in [0.2, 0.25) is 5.71 Å². The maximum absolute atomic E-state index is 6.56. The van der Waals surface area contributed by atoms with Crippen LogP contribution in [0.5, 0.6) is 0 Å². The van der Waals surface area contributed by atoms with Crippen molar-refractivity contribution in [3.63, 3.8) is 0 Å². The van der Waals surface area contributed by atoms with Crippen LogP contribution in [-0.2, 0) is 0 Å². The molecule has 46 heavy (non-hydrogen) atoms. The second-order valence-electron chi connectivity index (χ2n) is 11.5. The van der Waals surface area contributed by atoms with Gasteiger partial charge in [-0.1, -0.05) is 133 Å². The van der Waals surface area contributed by atoms with E-state index in [4.69, 9.17) is 14.4 Å². The number of hydrogen-bond donors (Lipinski definition) is 0. The van der Waals surface area contributed by atoms with Gasteiger partial charge in [-0.05, 0) is 47.0 Å². The number of hydrogen-bond acceptors (Lipinski definition) is 3. The van der Waals surface area contributed by atoms with Crippen molar-refractivity contribution in [1.29, 1.82) is 0 Å². The van der Waals surface area contributed by atoms with Gasteiger partial charge in [-0.3, -0.25) is 4.40 Å². The molecule has 9 aromatic rings. The van der Waals surface area contributed by atoms with Crippen molar-refractivity contribution in [1.82, 2.24) is 14.4 Å². The van der Waals surface area contributed by atoms with Gasteiger partial charge in [0.15, 0.2) is 11.4 Å². The van der Waals surface area contributed by atoms with Crippen LogP contribution in [0.15, 0.2) is 168 Å². The lowest BCUT2D eigenvalue weighted by molar-refractivity contribution is 0.658. The highest BCUT2D eigenvalue weighted by Gasteiger charge is 2.21. The second kappa shape index (κ2) is 10.7. The third-order valence-electron chi connectivity index (χ3n) is 8.64. The lowest BCUT2D eigenvalue weighted by Gasteiger charge is -2.10. The quantitative estimate of drug-likeness (QED) is 0.201. The highest BCUT2D eigenvalue weighted by Crippen LogP contribution is 2.41. The molecular formula is C42H27N3O. The van der Waals surface area contributed by atoms with Crippen LogP contribution in [0.1, 0.15) is 0 Å². The number of benzene rings is 6. The van der Waals surface area contributed by atoms with Gasteiger partial charge in [0.1, 0.15) is 0 Å². The molecule has 9 rings (SSSR count). The van der Waals surface area contributed by atoms with Crippen LogP contribution < -0.4 is 0 Å². The first-order valence-electron chi connectivity index (χ1n) is 15.4. The molecule has 0 spiro atoms. The molecule has 0 atom stereocenters. The Morgan fingerprint density at radius 2 is 0.957 bits per heavy atom. The highest BCUT2D eigenvalue weighted by atomic mass is 16.3. The van der Waals surface area contributed by atoms with E-state index in [1.54, 1.807) is 0 Å². The largest absolute Gasteiger partial charge is 0.438 e. The minimum atomic E-state index is 0.705. The van der Waals surface area contributed by atoms with E-state index in [9.17, 15) is 0 Å². The zero-order chi connectivity index (χ0) is 30.5. The van der Waals surface area contributed by atoms with Crippen LogP contribution in [0, 0.1) is 0 Å². The molecule has 0 bridgehead atoms. The molecule has 6 aromatic carbocycles. The fourth-order valence-electron chi connectivity index (χ4n) is 6.40. The summed E-state index contributed by atoms with van der Waals surface area (Å²) in [6, 6.07) is 56.6. The van der Waals surface area contributed by atoms with Crippen LogP contribution in [0.2, 0.25) is 0 Å². The summed E-state index contributed by atoms with van der Waals surface area (Å²) in [6.07, 6.45) is 0. The Bertz CT molecular complexity index is 2440. The molecule has 0 radical (unpaired) electrons. The lowest BCUT2D eigenvalue weighted by Crippen LogP contribution is -1.95. The SMILES string of the molecule is c1ccc(-c2ccc3c(c2)c(-c2ccc(-c4cc(-c5ccccc5)nc(-c5ccccc5)n4)cc2)c2oc4ccccc4n23)cc1. The molecule has 0 saturated carbocycles. The third-order valence-corrected chi connectivity index (χ3v) is 8.64. The van der Waals surface area contributed by atoms with Crippen molar-refractivity contribution in [3.05, 3.63) is 164 Å². The molecule has 0 amide bonds. The molecule has 0 saturated heterocycles. The van der Waals surface area contributed by atoms with Crippen molar-refractivity contribution in [3.8, 4) is 56.2 Å². The van der Waals surface area contributed by atoms with Crippen molar-refractivity contribution in [2.45, 2.75) is 0 Å². The van der Waals surface area contributed by atoms with Crippen molar-refractivity contribution < 1.29 is 4.42 Å². The number of para-hydroxylation sites is 2. The minimum absolute atomic E-state index is 0.705. The van der Waals surface area contributed by atoms with Crippen molar-refractivity contribution in [2.75, 3.05) is 0 Å². The number of nitrogens with zero attached hydrogens (tertiary/aromatic N) is 3. The van der Waals surface area contributed by atoms with Crippen molar-refractivity contribution >= 4 is 27.7 Å². The molecule has 4 heteroatoms. The molecule has 0 aliphatic carbocycles. The Hall–Kier alpha value is -6.26. The summed E-state index contributed by atoms with van der Waals surface area (Å²) >= 11 is 0. The Morgan fingerprint density at radius 3 is 1.65 bits per heavy atom. The van der Waals surface area contributed by atoms with E-state index in [-0.39, 0.29) is 0 Å². The van der Waals surface area contributed by atoms with Gasteiger partial charge in [0.05, 0.1) is 28.0 Å². The molecule has 3 aromatic heterocycles. The van der Waals surface area contributed by atoms with Gasteiger partial charge in [-0.15, -0.1) is 0 Å². The van der Waals surface area contributed by atoms with Crippen LogP contribution in [-0.4, -0.2) is 14.4 Å². The predicted molar refractivity (Wildman–Crippen MR) is 187 cm³/mol. The van der Waals surface area contributed by atoms with Crippen molar-refractivity contribution in [2.24, 2.45) is 0 Å². The average molecular weight is 590 g/mol. The standard InChI is InChI=1S/C42H27N3O/c1-4-12-28(13-5-1)33-24-25-37-34(26-33)40(42-45(37)38-18-10-11-19-39(38)46-42)31-22-20-30(21-23-31)36-27-35(29-14-6-2-7-15-29)43-41(44-36)32-16-8-3-9-17-32/h1-27H. The predicted octanol–water partition coefficient (Wildman–Crippen LogP) is 11.0. The summed E-state index contributed by atoms with van der Waals surface area (Å²) in [5.41, 5.74) is 13.2. The second-order valence-corrected chi connectivity index (χ2v) is 11.5. The highest BCUT2D eigenvalue weighted by molar-refractivity contribution is 6.08. The summed E-state index contributed by atoms with van der Waals surface area (Å²) in [7, 11) is 0. The smallest absolute Gasteiger partial charge is 0.213 e. The molecule has 0 N–H and O–H groups in total. The fraction of sp³-hybridized carbons (Fsp3) is 0. The Labute approximate surface area is 265 Å². The van der Waals surface area contributed by atoms with Gasteiger partial charge in [-0.2, -0.15) is 0 Å². The number of aromatic nitrogens is 3. The van der Waals surface area contributed by atoms with E-state index < -0.39 is 0 Å². The molecule has 0 fully saturated rings.